The predicted molar refractivity (Wildman–Crippen MR) is 290 cm³/mol. The Balaban J connectivity index is 0.000000177. The second kappa shape index (κ2) is 25.8. The summed E-state index contributed by atoms with van der Waals surface area (Å²) in [5.41, 5.74) is 2.09. The van der Waals surface area contributed by atoms with Crippen molar-refractivity contribution in [2.75, 3.05) is 39.4 Å². The summed E-state index contributed by atoms with van der Waals surface area (Å²) >= 11 is 16.1. The van der Waals surface area contributed by atoms with E-state index in [1.165, 1.54) is 29.9 Å². The molecule has 16 nitrogen and oxygen atoms in total. The number of nitrogens with one attached hydrogen (secondary N) is 2. The number of aliphatic hydroxyl groups is 2. The number of fused-ring (bicyclic) bond motifs is 4. The van der Waals surface area contributed by atoms with Crippen molar-refractivity contribution >= 4 is 112 Å². The number of hydrogen-bond donors (Lipinski definition) is 8. The number of likely N-dealkylation sites (tertiary alicyclic amines) is 2. The lowest BCUT2D eigenvalue weighted by Gasteiger charge is -2.38. The molecule has 0 radical (unpaired) electrons. The number of hydrogen-bond acceptors (Lipinski definition) is 12. The number of carbonyl (C=O) groups is 4. The largest absolute Gasteiger partial charge is 0.490 e. The molecule has 4 aromatic carbocycles. The number of aromatic nitrogens is 2. The number of aliphatic hydroxyl groups excluding tert-OH is 2. The number of ether oxygens (including phenoxy) is 2. The lowest BCUT2D eigenvalue weighted by Crippen LogP contribution is -2.45. The van der Waals surface area contributed by atoms with Crippen molar-refractivity contribution in [3.05, 3.63) is 129 Å². The van der Waals surface area contributed by atoms with Gasteiger partial charge in [0.15, 0.2) is 0 Å². The maximum Gasteiger partial charge on any atom is 0.414 e. The van der Waals surface area contributed by atoms with Crippen molar-refractivity contribution < 1.29 is 59.3 Å². The molecule has 20 heteroatoms. The summed E-state index contributed by atoms with van der Waals surface area (Å²) in [6, 6.07) is 33.7. The highest BCUT2D eigenvalue weighted by atomic mass is 35.5. The van der Waals surface area contributed by atoms with E-state index in [2.05, 4.69) is 70.0 Å². The van der Waals surface area contributed by atoms with E-state index in [4.69, 9.17) is 72.3 Å². The van der Waals surface area contributed by atoms with Crippen LogP contribution < -0.4 is 9.47 Å². The highest BCUT2D eigenvalue weighted by molar-refractivity contribution is 7.19. The van der Waals surface area contributed by atoms with E-state index in [0.29, 0.717) is 50.2 Å². The summed E-state index contributed by atoms with van der Waals surface area (Å²) in [5.74, 6) is -4.53. The molecule has 0 spiro atoms. The number of β-amino-alcohol motifs (C(OH)–C–C–N with tert-alkyl or cyclic N) is 2. The minimum atomic E-state index is -1.82. The number of thiophene rings is 2. The van der Waals surface area contributed by atoms with Crippen LogP contribution >= 0.6 is 45.9 Å². The van der Waals surface area contributed by atoms with Gasteiger partial charge in [-0.05, 0) is 160 Å². The lowest BCUT2D eigenvalue weighted by atomic mass is 9.90. The zero-order chi connectivity index (χ0) is 53.1. The number of aromatic amines is 2. The number of H-pyrrole nitrogens is 2. The molecule has 0 amide bonds. The molecule has 10 rings (SSSR count). The first kappa shape index (κ1) is 55.5. The third-order valence-electron chi connectivity index (χ3n) is 13.1. The smallest absolute Gasteiger partial charge is 0.414 e. The number of aliphatic carboxylic acids is 4. The van der Waals surface area contributed by atoms with E-state index < -0.39 is 36.1 Å². The van der Waals surface area contributed by atoms with Gasteiger partial charge in [-0.1, -0.05) is 35.3 Å². The average Bonchev–Trinajstić information content (AvgIpc) is 4.21. The van der Waals surface area contributed by atoms with Crippen LogP contribution in [-0.2, 0) is 19.2 Å². The molecule has 6 heterocycles. The Labute approximate surface area is 444 Å². The molecule has 0 aliphatic carbocycles. The molecule has 8 aromatic rings. The van der Waals surface area contributed by atoms with E-state index in [0.717, 1.165) is 82.1 Å². The number of carboxylic acids is 4. The van der Waals surface area contributed by atoms with Gasteiger partial charge in [0.2, 0.25) is 0 Å². The highest BCUT2D eigenvalue weighted by Gasteiger charge is 2.30. The zero-order valence-electron chi connectivity index (χ0n) is 40.5. The van der Waals surface area contributed by atoms with E-state index in [1.807, 2.05) is 95.7 Å². The number of rotatable bonds is 12. The molecule has 8 N–H and O–H groups in total. The van der Waals surface area contributed by atoms with Crippen molar-refractivity contribution in [3.63, 3.8) is 0 Å². The van der Waals surface area contributed by atoms with Gasteiger partial charge in [0.1, 0.15) is 36.9 Å². The van der Waals surface area contributed by atoms with Crippen molar-refractivity contribution in [3.8, 4) is 11.5 Å². The van der Waals surface area contributed by atoms with E-state index >= 15 is 0 Å². The van der Waals surface area contributed by atoms with Crippen LogP contribution in [0.3, 0.4) is 0 Å². The van der Waals surface area contributed by atoms with Crippen LogP contribution in [0.1, 0.15) is 61.1 Å². The molecule has 74 heavy (non-hydrogen) atoms. The van der Waals surface area contributed by atoms with Crippen LogP contribution in [0.25, 0.3) is 42.0 Å². The van der Waals surface area contributed by atoms with Gasteiger partial charge in [-0.25, -0.2) is 19.2 Å². The monoisotopic (exact) mass is 1090 g/mol. The molecular formula is C54H58Cl2N4O12S2. The van der Waals surface area contributed by atoms with Gasteiger partial charge in [0.25, 0.3) is 0 Å². The van der Waals surface area contributed by atoms with Crippen molar-refractivity contribution in [1.29, 1.82) is 0 Å². The standard InChI is InChI=1S/2C25H27ClN2O2S.2C2H2O4/c2*1-16-11-17(25-13-18-12-19(26)5-6-24(18)31-25)8-10-28(16)14-20(29)15-30-23-4-2-3-22-21(23)7-9-27-22;2*3-1(4)2(5)6/h2*2-7,9,12-13,16-17,20,27,29H,8,10-11,14-15H2,1H3;2*(H,3,4)(H,5,6)/t16-,17+,20+;16-,17+,20-;;/m10../s1. The zero-order valence-corrected chi connectivity index (χ0v) is 43.7. The topological polar surface area (TPSA) is 246 Å². The molecule has 392 valence electrons. The summed E-state index contributed by atoms with van der Waals surface area (Å²) in [7, 11) is 0. The fraction of sp³-hybridized carbons (Fsp3) is 0.333. The van der Waals surface area contributed by atoms with Crippen LogP contribution in [0, 0.1) is 0 Å². The molecule has 0 saturated carbocycles. The maximum atomic E-state index is 10.6. The number of benzene rings is 4. The fourth-order valence-electron chi connectivity index (χ4n) is 9.36. The lowest BCUT2D eigenvalue weighted by molar-refractivity contribution is -0.159. The van der Waals surface area contributed by atoms with E-state index in [1.54, 1.807) is 0 Å². The second-order valence-electron chi connectivity index (χ2n) is 18.3. The molecule has 2 aliphatic rings. The summed E-state index contributed by atoms with van der Waals surface area (Å²) in [5, 5.41) is 57.0. The Hall–Kier alpha value is -6.22. The molecular weight excluding hydrogens is 1030 g/mol. The number of nitrogens with zero attached hydrogens (tertiary/aromatic N) is 2. The quantitative estimate of drug-likeness (QED) is 0.0531. The number of piperidine rings is 2. The minimum absolute atomic E-state index is 0.300. The Kier molecular flexibility index (Phi) is 19.4. The van der Waals surface area contributed by atoms with Crippen molar-refractivity contribution in [2.45, 2.75) is 75.7 Å². The molecule has 6 atom stereocenters. The Bertz CT molecular complexity index is 2960. The Morgan fingerprint density at radius 1 is 0.595 bits per heavy atom. The fourth-order valence-corrected chi connectivity index (χ4v) is 12.1. The van der Waals surface area contributed by atoms with Gasteiger partial charge >= 0.3 is 23.9 Å². The number of carboxylic acid groups (broad SMARTS) is 4. The molecule has 0 unspecified atom stereocenters. The number of halogens is 2. The van der Waals surface area contributed by atoms with Gasteiger partial charge < -0.3 is 50.1 Å². The third-order valence-corrected chi connectivity index (χ3v) is 16.1. The van der Waals surface area contributed by atoms with Gasteiger partial charge in [0, 0.05) is 88.6 Å². The summed E-state index contributed by atoms with van der Waals surface area (Å²) in [4.78, 5) is 50.5. The van der Waals surface area contributed by atoms with Gasteiger partial charge in [-0.15, -0.1) is 22.7 Å². The van der Waals surface area contributed by atoms with Crippen molar-refractivity contribution in [1.82, 2.24) is 19.8 Å². The van der Waals surface area contributed by atoms with Crippen LogP contribution in [0.4, 0.5) is 0 Å². The molecule has 2 saturated heterocycles. The first-order valence-corrected chi connectivity index (χ1v) is 26.3. The second-order valence-corrected chi connectivity index (χ2v) is 21.4. The highest BCUT2D eigenvalue weighted by Crippen LogP contribution is 2.40. The van der Waals surface area contributed by atoms with Gasteiger partial charge in [0.05, 0.1) is 0 Å². The molecule has 2 aliphatic heterocycles. The van der Waals surface area contributed by atoms with E-state index in [-0.39, 0.29) is 0 Å². The summed E-state index contributed by atoms with van der Waals surface area (Å²) in [6.45, 7) is 8.39. The third kappa shape index (κ3) is 15.0. The van der Waals surface area contributed by atoms with Crippen molar-refractivity contribution in [2.24, 2.45) is 0 Å². The normalized spacial score (nSPS) is 18.8. The Morgan fingerprint density at radius 2 is 0.986 bits per heavy atom. The molecule has 4 aromatic heterocycles. The first-order valence-electron chi connectivity index (χ1n) is 23.9. The maximum absolute atomic E-state index is 10.6. The SMILES string of the molecule is C[C@@H]1C[C@@H](c2cc3cc(Cl)ccc3s2)CCN1C[C@H](O)COc1cccc2[nH]ccc12.C[C@H]1C[C@H](c2cc3cc(Cl)ccc3s2)CCN1C[C@H](O)COc1cccc2[nH]ccc12.O=C(O)C(=O)O.O=C(O)C(=O)O. The molecule has 0 bridgehead atoms. The summed E-state index contributed by atoms with van der Waals surface area (Å²) in [6.07, 6.45) is 7.23. The Morgan fingerprint density at radius 3 is 1.35 bits per heavy atom. The van der Waals surface area contributed by atoms with Gasteiger partial charge in [-0.2, -0.15) is 0 Å². The van der Waals surface area contributed by atoms with E-state index in [9.17, 15) is 10.2 Å². The summed E-state index contributed by atoms with van der Waals surface area (Å²) < 4.78 is 14.5. The first-order chi connectivity index (χ1) is 35.4. The average molecular weight is 1090 g/mol. The minimum Gasteiger partial charge on any atom is -0.490 e. The van der Waals surface area contributed by atoms with Crippen LogP contribution in [-0.4, -0.2) is 138 Å². The van der Waals surface area contributed by atoms with Crippen LogP contribution in [0.2, 0.25) is 10.0 Å². The van der Waals surface area contributed by atoms with Gasteiger partial charge in [-0.3, -0.25) is 9.80 Å². The predicted octanol–water partition coefficient (Wildman–Crippen LogP) is 10.4. The molecule has 2 fully saturated rings. The van der Waals surface area contributed by atoms with Crippen LogP contribution in [0.15, 0.2) is 109 Å². The van der Waals surface area contributed by atoms with Crippen LogP contribution in [0.5, 0.6) is 11.5 Å².